The van der Waals surface area contributed by atoms with E-state index in [1.54, 1.807) is 0 Å². The van der Waals surface area contributed by atoms with E-state index in [9.17, 15) is 5.11 Å². The van der Waals surface area contributed by atoms with Gasteiger partial charge in [-0.15, -0.1) is 0 Å². The Labute approximate surface area is 189 Å². The monoisotopic (exact) mass is 480 g/mol. The number of rotatable bonds is 5. The smallest absolute Gasteiger partial charge is 0.199 e. The summed E-state index contributed by atoms with van der Waals surface area (Å²) in [5, 5.41) is 19.6. The first-order chi connectivity index (χ1) is 15.1. The molecule has 3 N–H and O–H groups in total. The number of nitrogens with zero attached hydrogens (tertiary/aromatic N) is 2. The quantitative estimate of drug-likeness (QED) is 0.343. The summed E-state index contributed by atoms with van der Waals surface area (Å²) in [7, 11) is 0. The molecule has 3 heterocycles. The van der Waals surface area contributed by atoms with Crippen molar-refractivity contribution in [2.24, 2.45) is 16.1 Å². The van der Waals surface area contributed by atoms with Crippen LogP contribution in [0, 0.1) is 5.92 Å². The molecular weight excluding hydrogens is 456 g/mol. The van der Waals surface area contributed by atoms with E-state index in [1.165, 1.54) is 12.8 Å². The number of piperidine rings is 1. The fraction of sp³-hybridized carbons (Fsp3) is 0.333. The number of H-pyrrole nitrogens is 1. The topological polar surface area (TPSA) is 82.0 Å². The van der Waals surface area contributed by atoms with Crippen LogP contribution in [0.3, 0.4) is 0 Å². The molecule has 7 heteroatoms. The van der Waals surface area contributed by atoms with E-state index in [0.29, 0.717) is 35.6 Å². The summed E-state index contributed by atoms with van der Waals surface area (Å²) in [6.45, 7) is 3.87. The van der Waals surface area contributed by atoms with Crippen molar-refractivity contribution in [1.29, 1.82) is 0 Å². The van der Waals surface area contributed by atoms with E-state index in [1.807, 2.05) is 42.5 Å². The van der Waals surface area contributed by atoms with Gasteiger partial charge in [0.1, 0.15) is 18.0 Å². The number of oxime groups is 1. The van der Waals surface area contributed by atoms with Crippen molar-refractivity contribution in [3.63, 3.8) is 0 Å². The van der Waals surface area contributed by atoms with Crippen molar-refractivity contribution in [1.82, 2.24) is 10.3 Å². The first-order valence-corrected chi connectivity index (χ1v) is 11.5. The third-order valence-corrected chi connectivity index (χ3v) is 6.59. The maximum atomic E-state index is 10.7. The lowest BCUT2D eigenvalue weighted by molar-refractivity contribution is 0.120. The molecule has 0 radical (unpaired) electrons. The van der Waals surface area contributed by atoms with Crippen LogP contribution in [0.5, 0.6) is 5.88 Å². The van der Waals surface area contributed by atoms with E-state index >= 15 is 0 Å². The Bertz CT molecular complexity index is 1180. The SMILES string of the molecule is CC1CC(CCO/N=C2/C(c3c(O)[nH]c4ccc(Br)cc34)=Nc3ccccc32)CCN1. The summed E-state index contributed by atoms with van der Waals surface area (Å²) < 4.78 is 0.933. The van der Waals surface area contributed by atoms with Gasteiger partial charge in [-0.05, 0) is 62.9 Å². The fourth-order valence-electron chi connectivity index (χ4n) is 4.56. The largest absolute Gasteiger partial charge is 0.494 e. The normalized spacial score (nSPS) is 22.0. The number of aromatic amines is 1. The summed E-state index contributed by atoms with van der Waals surface area (Å²) in [5.41, 5.74) is 4.51. The van der Waals surface area contributed by atoms with Crippen molar-refractivity contribution >= 4 is 43.9 Å². The molecule has 2 aliphatic rings. The van der Waals surface area contributed by atoms with Crippen LogP contribution in [-0.2, 0) is 4.84 Å². The molecular formula is C24H25BrN4O2. The molecule has 2 unspecified atom stereocenters. The highest BCUT2D eigenvalue weighted by Gasteiger charge is 2.29. The number of nitrogens with one attached hydrogen (secondary N) is 2. The van der Waals surface area contributed by atoms with Crippen LogP contribution in [0.25, 0.3) is 10.9 Å². The van der Waals surface area contributed by atoms with Crippen molar-refractivity contribution in [2.75, 3.05) is 13.2 Å². The second-order valence-electron chi connectivity index (χ2n) is 8.32. The Hall–Kier alpha value is -2.64. The molecule has 1 saturated heterocycles. The van der Waals surface area contributed by atoms with E-state index in [-0.39, 0.29) is 5.88 Å². The van der Waals surface area contributed by atoms with Crippen LogP contribution in [0.15, 0.2) is 57.1 Å². The predicted octanol–water partition coefficient (Wildman–Crippen LogP) is 5.27. The van der Waals surface area contributed by atoms with E-state index in [4.69, 9.17) is 9.83 Å². The van der Waals surface area contributed by atoms with Gasteiger partial charge >= 0.3 is 0 Å². The maximum Gasteiger partial charge on any atom is 0.199 e. The molecule has 0 aliphatic carbocycles. The van der Waals surface area contributed by atoms with Gasteiger partial charge in [0.15, 0.2) is 5.88 Å². The molecule has 0 saturated carbocycles. The molecule has 0 amide bonds. The van der Waals surface area contributed by atoms with Gasteiger partial charge in [-0.2, -0.15) is 0 Å². The zero-order valence-electron chi connectivity index (χ0n) is 17.4. The first kappa shape index (κ1) is 20.3. The Morgan fingerprint density at radius 3 is 3.00 bits per heavy atom. The standard InChI is InChI=1S/C24H25BrN4O2/c1-14-12-15(8-10-26-14)9-11-31-29-22-17-4-2-3-5-19(17)27-23(22)21-18-13-16(25)6-7-20(18)28-24(21)30/h2-7,13-15,26,28,30H,8-12H2,1H3/b29-22+. The van der Waals surface area contributed by atoms with Crippen LogP contribution < -0.4 is 5.32 Å². The minimum absolute atomic E-state index is 0.0797. The molecule has 3 aromatic rings. The maximum absolute atomic E-state index is 10.7. The zero-order valence-corrected chi connectivity index (χ0v) is 18.9. The minimum atomic E-state index is 0.0797. The number of aliphatic imine (C=N–C) groups is 1. The zero-order chi connectivity index (χ0) is 21.4. The lowest BCUT2D eigenvalue weighted by Gasteiger charge is -2.27. The first-order valence-electron chi connectivity index (χ1n) is 10.7. The second-order valence-corrected chi connectivity index (χ2v) is 9.24. The summed E-state index contributed by atoms with van der Waals surface area (Å²) in [4.78, 5) is 13.6. The molecule has 5 rings (SSSR count). The number of aromatic nitrogens is 1. The average molecular weight is 481 g/mol. The average Bonchev–Trinajstić information content (AvgIpc) is 3.27. The van der Waals surface area contributed by atoms with E-state index < -0.39 is 0 Å². The summed E-state index contributed by atoms with van der Waals surface area (Å²) in [6.07, 6.45) is 3.34. The molecule has 0 spiro atoms. The molecule has 2 aliphatic heterocycles. The van der Waals surface area contributed by atoms with E-state index in [0.717, 1.165) is 39.6 Å². The summed E-state index contributed by atoms with van der Waals surface area (Å²) in [6, 6.07) is 14.3. The molecule has 1 aromatic heterocycles. The van der Waals surface area contributed by atoms with Crippen molar-refractivity contribution in [2.45, 2.75) is 32.2 Å². The lowest BCUT2D eigenvalue weighted by atomic mass is 9.91. The molecule has 0 bridgehead atoms. The second kappa shape index (κ2) is 8.48. The number of para-hydroxylation sites is 1. The Balaban J connectivity index is 1.44. The van der Waals surface area contributed by atoms with Gasteiger partial charge in [0.25, 0.3) is 0 Å². The van der Waals surface area contributed by atoms with Crippen LogP contribution in [0.2, 0.25) is 0 Å². The highest BCUT2D eigenvalue weighted by atomic mass is 79.9. The molecule has 2 aromatic carbocycles. The molecule has 31 heavy (non-hydrogen) atoms. The van der Waals surface area contributed by atoms with Crippen LogP contribution >= 0.6 is 15.9 Å². The third kappa shape index (κ3) is 4.00. The molecule has 1 fully saturated rings. The van der Waals surface area contributed by atoms with E-state index in [2.05, 4.69) is 38.3 Å². The van der Waals surface area contributed by atoms with Gasteiger partial charge in [-0.1, -0.05) is 39.3 Å². The number of hydrogen-bond donors (Lipinski definition) is 3. The number of aromatic hydroxyl groups is 1. The summed E-state index contributed by atoms with van der Waals surface area (Å²) in [5.74, 6) is 0.742. The Kier molecular flexibility index (Phi) is 5.54. The molecule has 160 valence electrons. The lowest BCUT2D eigenvalue weighted by Crippen LogP contribution is -2.36. The van der Waals surface area contributed by atoms with Gasteiger partial charge < -0.3 is 20.2 Å². The van der Waals surface area contributed by atoms with Gasteiger partial charge in [-0.3, -0.25) is 0 Å². The van der Waals surface area contributed by atoms with Crippen molar-refractivity contribution in [3.05, 3.63) is 58.1 Å². The highest BCUT2D eigenvalue weighted by molar-refractivity contribution is 9.10. The Morgan fingerprint density at radius 1 is 1.26 bits per heavy atom. The third-order valence-electron chi connectivity index (χ3n) is 6.10. The van der Waals surface area contributed by atoms with Crippen LogP contribution in [0.4, 0.5) is 5.69 Å². The fourth-order valence-corrected chi connectivity index (χ4v) is 4.92. The minimum Gasteiger partial charge on any atom is -0.494 e. The number of benzene rings is 2. The Morgan fingerprint density at radius 2 is 2.13 bits per heavy atom. The summed E-state index contributed by atoms with van der Waals surface area (Å²) >= 11 is 3.53. The van der Waals surface area contributed by atoms with Crippen molar-refractivity contribution < 1.29 is 9.94 Å². The highest BCUT2D eigenvalue weighted by Crippen LogP contribution is 2.36. The van der Waals surface area contributed by atoms with Gasteiger partial charge in [-0.25, -0.2) is 4.99 Å². The van der Waals surface area contributed by atoms with Crippen LogP contribution in [0.1, 0.15) is 37.3 Å². The van der Waals surface area contributed by atoms with Gasteiger partial charge in [0.05, 0.1) is 11.3 Å². The number of halogens is 1. The van der Waals surface area contributed by atoms with Gasteiger partial charge in [0, 0.05) is 27.0 Å². The van der Waals surface area contributed by atoms with Crippen molar-refractivity contribution in [3.8, 4) is 5.88 Å². The molecule has 6 nitrogen and oxygen atoms in total. The van der Waals surface area contributed by atoms with Gasteiger partial charge in [0.2, 0.25) is 0 Å². The predicted molar refractivity (Wildman–Crippen MR) is 128 cm³/mol. The number of hydrogen-bond acceptors (Lipinski definition) is 5. The molecule has 2 atom stereocenters. The van der Waals surface area contributed by atoms with Crippen LogP contribution in [-0.4, -0.2) is 40.7 Å². The number of fused-ring (bicyclic) bond motifs is 2.